The van der Waals surface area contributed by atoms with E-state index in [4.69, 9.17) is 0 Å². The van der Waals surface area contributed by atoms with Crippen LogP contribution in [0.1, 0.15) is 30.4 Å². The van der Waals surface area contributed by atoms with Crippen LogP contribution in [0.15, 0.2) is 53.4 Å². The number of aliphatic hydroxyl groups is 1. The number of carbonyl (C=O) groups excluding carboxylic acids is 2. The van der Waals surface area contributed by atoms with Crippen molar-refractivity contribution >= 4 is 27.3 Å². The number of alkyl halides is 6. The monoisotopic (exact) mass is 554 g/mol. The van der Waals surface area contributed by atoms with Crippen LogP contribution in [0.2, 0.25) is 0 Å². The second kappa shape index (κ2) is 10.7. The van der Waals surface area contributed by atoms with Gasteiger partial charge in [-0.05, 0) is 29.8 Å². The quantitative estimate of drug-likeness (QED) is 0.481. The molecule has 204 valence electrons. The average molecular weight is 555 g/mol. The third-order valence-corrected chi connectivity index (χ3v) is 7.36. The van der Waals surface area contributed by atoms with Crippen LogP contribution in [0.4, 0.5) is 32.0 Å². The van der Waals surface area contributed by atoms with Gasteiger partial charge in [-0.15, -0.1) is 0 Å². The number of amides is 2. The summed E-state index contributed by atoms with van der Waals surface area (Å²) in [5.74, 6) is -2.63. The van der Waals surface area contributed by atoms with Gasteiger partial charge < -0.3 is 15.3 Å². The average Bonchev–Trinajstić information content (AvgIpc) is 2.80. The molecule has 0 fully saturated rings. The molecule has 14 heteroatoms. The Morgan fingerprint density at radius 1 is 0.919 bits per heavy atom. The summed E-state index contributed by atoms with van der Waals surface area (Å²) in [6.45, 7) is 1.45. The molecule has 7 nitrogen and oxygen atoms in total. The van der Waals surface area contributed by atoms with E-state index in [0.717, 1.165) is 12.1 Å². The van der Waals surface area contributed by atoms with E-state index < -0.39 is 51.1 Å². The molecule has 0 heterocycles. The summed E-state index contributed by atoms with van der Waals surface area (Å²) in [5.41, 5.74) is -6.57. The Hall–Kier alpha value is -3.13. The first-order valence-corrected chi connectivity index (χ1v) is 12.3. The van der Waals surface area contributed by atoms with E-state index in [9.17, 15) is 49.5 Å². The minimum absolute atomic E-state index is 0.00532. The molecule has 2 aromatic rings. The Morgan fingerprint density at radius 3 is 1.81 bits per heavy atom. The van der Waals surface area contributed by atoms with Crippen molar-refractivity contribution in [2.45, 2.75) is 42.1 Å². The predicted octanol–water partition coefficient (Wildman–Crippen LogP) is 3.99. The van der Waals surface area contributed by atoms with Crippen molar-refractivity contribution in [3.8, 4) is 0 Å². The van der Waals surface area contributed by atoms with Gasteiger partial charge in [0, 0.05) is 31.8 Å². The topological polar surface area (TPSA) is 104 Å². The summed E-state index contributed by atoms with van der Waals surface area (Å²) in [7, 11) is -0.660. The van der Waals surface area contributed by atoms with E-state index in [1.54, 1.807) is 0 Å². The molecule has 0 saturated carbocycles. The molecule has 0 aliphatic heterocycles. The van der Waals surface area contributed by atoms with Crippen LogP contribution in [0.5, 0.6) is 0 Å². The van der Waals surface area contributed by atoms with Gasteiger partial charge >= 0.3 is 12.4 Å². The van der Waals surface area contributed by atoms with Crippen molar-refractivity contribution in [2.24, 2.45) is 0 Å². The molecule has 2 amide bonds. The van der Waals surface area contributed by atoms with Gasteiger partial charge in [0.25, 0.3) is 5.60 Å². The van der Waals surface area contributed by atoms with Crippen LogP contribution in [0, 0.1) is 0 Å². The summed E-state index contributed by atoms with van der Waals surface area (Å²) >= 11 is 0. The SMILES string of the molecule is CCS(=O)(=O)c1ccc(C(CC(=O)N(C)C)C(=O)Nc2ccc(C(O)(C(F)(F)F)C(F)(F)F)cc2)cc1. The highest BCUT2D eigenvalue weighted by atomic mass is 32.2. The molecule has 0 radical (unpaired) electrons. The second-order valence-corrected chi connectivity index (χ2v) is 10.6. The summed E-state index contributed by atoms with van der Waals surface area (Å²) in [6.07, 6.45) is -12.5. The Balaban J connectivity index is 2.38. The van der Waals surface area contributed by atoms with E-state index >= 15 is 0 Å². The zero-order valence-corrected chi connectivity index (χ0v) is 20.6. The third kappa shape index (κ3) is 6.42. The highest BCUT2D eigenvalue weighted by Crippen LogP contribution is 2.50. The van der Waals surface area contributed by atoms with Gasteiger partial charge in [-0.25, -0.2) is 8.42 Å². The molecule has 0 bridgehead atoms. The number of hydrogen-bond acceptors (Lipinski definition) is 5. The first kappa shape index (κ1) is 30.1. The lowest BCUT2D eigenvalue weighted by molar-refractivity contribution is -0.376. The number of halogens is 6. The lowest BCUT2D eigenvalue weighted by atomic mass is 9.92. The van der Waals surface area contributed by atoms with Gasteiger partial charge in [0.1, 0.15) is 0 Å². The molecule has 0 aliphatic carbocycles. The van der Waals surface area contributed by atoms with Gasteiger partial charge in [0.2, 0.25) is 11.8 Å². The van der Waals surface area contributed by atoms with Crippen molar-refractivity contribution in [1.29, 1.82) is 0 Å². The molecule has 1 unspecified atom stereocenters. The fraction of sp³-hybridized carbons (Fsp3) is 0.391. The second-order valence-electron chi connectivity index (χ2n) is 8.29. The summed E-state index contributed by atoms with van der Waals surface area (Å²) in [6, 6.07) is 7.45. The molecular weight excluding hydrogens is 530 g/mol. The molecule has 37 heavy (non-hydrogen) atoms. The number of anilines is 1. The molecule has 2 rings (SSSR count). The smallest absolute Gasteiger partial charge is 0.369 e. The standard InChI is InChI=1S/C23H24F6N2O5S/c1-4-37(35,36)17-11-5-14(6-12-17)18(13-19(32)31(2)3)20(33)30-16-9-7-15(8-10-16)21(34,22(24,25)26)23(27,28)29/h5-12,18,34H,4,13H2,1-3H3,(H,30,33). The van der Waals surface area contributed by atoms with Crippen molar-refractivity contribution in [2.75, 3.05) is 25.2 Å². The van der Waals surface area contributed by atoms with Crippen LogP contribution in [-0.4, -0.2) is 62.4 Å². The Kier molecular flexibility index (Phi) is 8.70. The van der Waals surface area contributed by atoms with E-state index in [1.807, 2.05) is 0 Å². The maximum absolute atomic E-state index is 13.1. The zero-order valence-electron chi connectivity index (χ0n) is 19.8. The fourth-order valence-electron chi connectivity index (χ4n) is 3.31. The predicted molar refractivity (Wildman–Crippen MR) is 121 cm³/mol. The van der Waals surface area contributed by atoms with Crippen molar-refractivity contribution in [3.05, 3.63) is 59.7 Å². The van der Waals surface area contributed by atoms with Gasteiger partial charge in [0.05, 0.1) is 16.6 Å². The number of carbonyl (C=O) groups is 2. The molecule has 0 aliphatic rings. The molecule has 0 aromatic heterocycles. The van der Waals surface area contributed by atoms with Crippen molar-refractivity contribution < 1.29 is 49.5 Å². The first-order chi connectivity index (χ1) is 16.8. The van der Waals surface area contributed by atoms with Gasteiger partial charge in [-0.1, -0.05) is 31.2 Å². The van der Waals surface area contributed by atoms with E-state index in [1.165, 1.54) is 50.2 Å². The van der Waals surface area contributed by atoms with E-state index in [-0.39, 0.29) is 28.3 Å². The summed E-state index contributed by atoms with van der Waals surface area (Å²) in [5, 5.41) is 11.8. The minimum atomic E-state index is -6.06. The van der Waals surface area contributed by atoms with Crippen LogP contribution in [-0.2, 0) is 25.0 Å². The van der Waals surface area contributed by atoms with Crippen molar-refractivity contribution in [3.63, 3.8) is 0 Å². The minimum Gasteiger partial charge on any atom is -0.369 e. The van der Waals surface area contributed by atoms with Crippen LogP contribution in [0.3, 0.4) is 0 Å². The molecule has 2 N–H and O–H groups in total. The number of benzene rings is 2. The Labute approximate surface area is 209 Å². The maximum atomic E-state index is 13.1. The maximum Gasteiger partial charge on any atom is 0.430 e. The fourth-order valence-corrected chi connectivity index (χ4v) is 4.19. The van der Waals surface area contributed by atoms with Gasteiger partial charge in [-0.3, -0.25) is 9.59 Å². The Morgan fingerprint density at radius 2 is 1.41 bits per heavy atom. The highest BCUT2D eigenvalue weighted by molar-refractivity contribution is 7.91. The van der Waals surface area contributed by atoms with Gasteiger partial charge in [0.15, 0.2) is 9.84 Å². The number of sulfone groups is 1. The number of nitrogens with zero attached hydrogens (tertiary/aromatic N) is 1. The Bertz CT molecular complexity index is 1210. The lowest BCUT2D eigenvalue weighted by Crippen LogP contribution is -2.53. The highest BCUT2D eigenvalue weighted by Gasteiger charge is 2.71. The molecule has 2 aromatic carbocycles. The number of nitrogens with one attached hydrogen (secondary N) is 1. The van der Waals surface area contributed by atoms with Crippen LogP contribution >= 0.6 is 0 Å². The third-order valence-electron chi connectivity index (χ3n) is 5.61. The normalized spacial score (nSPS) is 13.7. The van der Waals surface area contributed by atoms with E-state index in [2.05, 4.69) is 5.32 Å². The molecule has 0 spiro atoms. The largest absolute Gasteiger partial charge is 0.430 e. The van der Waals surface area contributed by atoms with Crippen LogP contribution < -0.4 is 5.32 Å². The summed E-state index contributed by atoms with van der Waals surface area (Å²) < 4.78 is 103. The lowest BCUT2D eigenvalue weighted by Gasteiger charge is -2.32. The first-order valence-electron chi connectivity index (χ1n) is 10.6. The molecular formula is C23H24F6N2O5S. The van der Waals surface area contributed by atoms with E-state index in [0.29, 0.717) is 12.1 Å². The molecule has 0 saturated heterocycles. The van der Waals surface area contributed by atoms with Gasteiger partial charge in [-0.2, -0.15) is 26.3 Å². The number of rotatable bonds is 8. The summed E-state index contributed by atoms with van der Waals surface area (Å²) in [4.78, 5) is 26.5. The number of hydrogen-bond donors (Lipinski definition) is 2. The zero-order chi connectivity index (χ0) is 28.4. The van der Waals surface area contributed by atoms with Crippen molar-refractivity contribution in [1.82, 2.24) is 4.90 Å². The molecule has 1 atom stereocenters. The van der Waals surface area contributed by atoms with Crippen LogP contribution in [0.25, 0.3) is 0 Å².